The molecule has 156 valence electrons. The Morgan fingerprint density at radius 1 is 0.900 bits per heavy atom. The lowest BCUT2D eigenvalue weighted by atomic mass is 10.0. The van der Waals surface area contributed by atoms with Crippen molar-refractivity contribution in [1.29, 1.82) is 0 Å². The zero-order valence-corrected chi connectivity index (χ0v) is 16.0. The van der Waals surface area contributed by atoms with Gasteiger partial charge in [-0.25, -0.2) is 9.18 Å². The van der Waals surface area contributed by atoms with Crippen LogP contribution in [0.4, 0.5) is 17.6 Å². The molecule has 0 spiro atoms. The van der Waals surface area contributed by atoms with Gasteiger partial charge in [-0.15, -0.1) is 13.2 Å². The lowest BCUT2D eigenvalue weighted by Crippen LogP contribution is -2.18. The second-order valence-corrected chi connectivity index (χ2v) is 6.55. The minimum atomic E-state index is -5.02. The largest absolute Gasteiger partial charge is 0.573 e. The topological polar surface area (TPSA) is 35.5 Å². The van der Waals surface area contributed by atoms with Crippen molar-refractivity contribution in [2.45, 2.75) is 26.1 Å². The van der Waals surface area contributed by atoms with Crippen LogP contribution >= 0.6 is 0 Å². The third-order valence-corrected chi connectivity index (χ3v) is 4.29. The number of hydrogen-bond acceptors (Lipinski definition) is 3. The summed E-state index contributed by atoms with van der Waals surface area (Å²) < 4.78 is 58.9. The van der Waals surface area contributed by atoms with Crippen LogP contribution in [0.5, 0.6) is 11.5 Å². The molecule has 0 unspecified atom stereocenters. The van der Waals surface area contributed by atoms with E-state index in [0.29, 0.717) is 6.07 Å². The van der Waals surface area contributed by atoms with Crippen LogP contribution < -0.4 is 9.47 Å². The van der Waals surface area contributed by atoms with Crippen molar-refractivity contribution in [2.75, 3.05) is 0 Å². The monoisotopic (exact) mass is 418 g/mol. The van der Waals surface area contributed by atoms with E-state index in [-0.39, 0.29) is 11.3 Å². The predicted molar refractivity (Wildman–Crippen MR) is 104 cm³/mol. The van der Waals surface area contributed by atoms with E-state index in [0.717, 1.165) is 36.1 Å². The lowest BCUT2D eigenvalue weighted by Gasteiger charge is -2.11. The SMILES string of the molecule is CCCc1ccc(-c2ccc(C(=O)Oc3ccc(OC(F)(F)F)c(F)c3)cc2)cc1. The molecule has 0 bridgehead atoms. The Kier molecular flexibility index (Phi) is 6.40. The van der Waals surface area contributed by atoms with Gasteiger partial charge in [0.25, 0.3) is 0 Å². The highest BCUT2D eigenvalue weighted by Crippen LogP contribution is 2.29. The highest BCUT2D eigenvalue weighted by Gasteiger charge is 2.32. The number of benzene rings is 3. The van der Waals surface area contributed by atoms with Crippen LogP contribution in [0, 0.1) is 5.82 Å². The summed E-state index contributed by atoms with van der Waals surface area (Å²) in [5.41, 5.74) is 3.38. The standard InChI is InChI=1S/C23H18F4O3/c1-2-3-15-4-6-16(7-5-15)17-8-10-18(11-9-17)22(28)29-19-12-13-21(20(24)14-19)30-23(25,26)27/h4-14H,2-3H2,1H3. The fourth-order valence-electron chi connectivity index (χ4n) is 2.87. The van der Waals surface area contributed by atoms with E-state index in [1.165, 1.54) is 5.56 Å². The van der Waals surface area contributed by atoms with Gasteiger partial charge in [-0.1, -0.05) is 49.7 Å². The van der Waals surface area contributed by atoms with Crippen molar-refractivity contribution in [2.24, 2.45) is 0 Å². The molecule has 3 aromatic rings. The van der Waals surface area contributed by atoms with Gasteiger partial charge in [0.15, 0.2) is 11.6 Å². The van der Waals surface area contributed by atoms with Gasteiger partial charge in [-0.05, 0) is 47.4 Å². The van der Waals surface area contributed by atoms with Crippen molar-refractivity contribution in [1.82, 2.24) is 0 Å². The normalized spacial score (nSPS) is 11.2. The molecular weight excluding hydrogens is 400 g/mol. The first-order chi connectivity index (χ1) is 14.2. The Bertz CT molecular complexity index is 1010. The van der Waals surface area contributed by atoms with E-state index >= 15 is 0 Å². The first kappa shape index (κ1) is 21.4. The van der Waals surface area contributed by atoms with Crippen molar-refractivity contribution >= 4 is 5.97 Å². The molecule has 0 fully saturated rings. The summed E-state index contributed by atoms with van der Waals surface area (Å²) in [6.45, 7) is 2.12. The van der Waals surface area contributed by atoms with Crippen LogP contribution in [0.3, 0.4) is 0 Å². The molecule has 0 radical (unpaired) electrons. The quantitative estimate of drug-likeness (QED) is 0.258. The van der Waals surface area contributed by atoms with Gasteiger partial charge >= 0.3 is 12.3 Å². The van der Waals surface area contributed by atoms with Crippen molar-refractivity contribution in [3.8, 4) is 22.6 Å². The molecule has 0 aliphatic rings. The highest BCUT2D eigenvalue weighted by atomic mass is 19.4. The van der Waals surface area contributed by atoms with Gasteiger partial charge in [0.1, 0.15) is 5.75 Å². The van der Waals surface area contributed by atoms with Crippen LogP contribution in [0.1, 0.15) is 29.3 Å². The molecule has 3 aromatic carbocycles. The average molecular weight is 418 g/mol. The molecule has 0 N–H and O–H groups in total. The van der Waals surface area contributed by atoms with Crippen LogP contribution in [0.25, 0.3) is 11.1 Å². The van der Waals surface area contributed by atoms with Gasteiger partial charge in [-0.3, -0.25) is 0 Å². The summed E-state index contributed by atoms with van der Waals surface area (Å²) in [4.78, 5) is 12.2. The summed E-state index contributed by atoms with van der Waals surface area (Å²) in [5, 5.41) is 0. The molecule has 30 heavy (non-hydrogen) atoms. The number of rotatable bonds is 6. The summed E-state index contributed by atoms with van der Waals surface area (Å²) >= 11 is 0. The van der Waals surface area contributed by atoms with Gasteiger partial charge in [0.2, 0.25) is 0 Å². The third kappa shape index (κ3) is 5.59. The van der Waals surface area contributed by atoms with Crippen LogP contribution in [0.2, 0.25) is 0 Å². The number of esters is 1. The maximum atomic E-state index is 13.7. The number of aryl methyl sites for hydroxylation is 1. The number of carbonyl (C=O) groups is 1. The van der Waals surface area contributed by atoms with Gasteiger partial charge in [0, 0.05) is 6.07 Å². The summed E-state index contributed by atoms with van der Waals surface area (Å²) in [6.07, 6.45) is -2.94. The van der Waals surface area contributed by atoms with Gasteiger partial charge in [0.05, 0.1) is 5.56 Å². The molecule has 0 aliphatic carbocycles. The third-order valence-electron chi connectivity index (χ3n) is 4.29. The Hall–Kier alpha value is -3.35. The molecule has 0 saturated heterocycles. The van der Waals surface area contributed by atoms with Crippen LogP contribution in [0.15, 0.2) is 66.7 Å². The molecule has 0 aliphatic heterocycles. The highest BCUT2D eigenvalue weighted by molar-refractivity contribution is 5.91. The predicted octanol–water partition coefficient (Wildman–Crippen LogP) is 6.56. The van der Waals surface area contributed by atoms with Crippen LogP contribution in [-0.2, 0) is 6.42 Å². The van der Waals surface area contributed by atoms with E-state index in [4.69, 9.17) is 4.74 Å². The Labute approximate surface area is 170 Å². The smallest absolute Gasteiger partial charge is 0.423 e. The number of alkyl halides is 3. The molecular formula is C23H18F4O3. The summed E-state index contributed by atoms with van der Waals surface area (Å²) in [6, 6.07) is 17.2. The maximum absolute atomic E-state index is 13.7. The van der Waals surface area contributed by atoms with E-state index in [2.05, 4.69) is 23.8 Å². The molecule has 3 nitrogen and oxygen atoms in total. The minimum Gasteiger partial charge on any atom is -0.423 e. The second kappa shape index (κ2) is 8.98. The Balaban J connectivity index is 1.68. The number of ether oxygens (including phenoxy) is 2. The fourth-order valence-corrected chi connectivity index (χ4v) is 2.87. The molecule has 0 saturated carbocycles. The van der Waals surface area contributed by atoms with E-state index in [1.54, 1.807) is 24.3 Å². The van der Waals surface area contributed by atoms with E-state index in [9.17, 15) is 22.4 Å². The number of halogens is 4. The Morgan fingerprint density at radius 3 is 2.03 bits per heavy atom. The summed E-state index contributed by atoms with van der Waals surface area (Å²) in [5.74, 6) is -3.29. The van der Waals surface area contributed by atoms with Gasteiger partial charge in [-0.2, -0.15) is 0 Å². The minimum absolute atomic E-state index is 0.220. The van der Waals surface area contributed by atoms with Crippen molar-refractivity contribution in [3.63, 3.8) is 0 Å². The molecule has 0 heterocycles. The molecule has 7 heteroatoms. The van der Waals surface area contributed by atoms with Crippen LogP contribution in [-0.4, -0.2) is 12.3 Å². The van der Waals surface area contributed by atoms with Gasteiger partial charge < -0.3 is 9.47 Å². The molecule has 0 atom stereocenters. The van der Waals surface area contributed by atoms with Crippen molar-refractivity contribution in [3.05, 3.63) is 83.7 Å². The second-order valence-electron chi connectivity index (χ2n) is 6.55. The number of carbonyl (C=O) groups excluding carboxylic acids is 1. The molecule has 0 amide bonds. The zero-order chi connectivity index (χ0) is 21.7. The van der Waals surface area contributed by atoms with E-state index < -0.39 is 23.9 Å². The number of hydrogen-bond donors (Lipinski definition) is 0. The lowest BCUT2D eigenvalue weighted by molar-refractivity contribution is -0.275. The average Bonchev–Trinajstić information content (AvgIpc) is 2.70. The summed E-state index contributed by atoms with van der Waals surface area (Å²) in [7, 11) is 0. The first-order valence-electron chi connectivity index (χ1n) is 9.22. The maximum Gasteiger partial charge on any atom is 0.573 e. The van der Waals surface area contributed by atoms with Crippen molar-refractivity contribution < 1.29 is 31.8 Å². The van der Waals surface area contributed by atoms with E-state index in [1.807, 2.05) is 12.1 Å². The zero-order valence-electron chi connectivity index (χ0n) is 16.0. The molecule has 0 aromatic heterocycles. The Morgan fingerprint density at radius 2 is 1.50 bits per heavy atom. The first-order valence-corrected chi connectivity index (χ1v) is 9.22. The molecule has 3 rings (SSSR count). The fraction of sp³-hybridized carbons (Fsp3) is 0.174.